The van der Waals surface area contributed by atoms with Gasteiger partial charge in [-0.15, -0.1) is 0 Å². The van der Waals surface area contributed by atoms with Crippen molar-refractivity contribution in [1.29, 1.82) is 0 Å². The summed E-state index contributed by atoms with van der Waals surface area (Å²) in [5, 5.41) is 10.8. The molecule has 0 aliphatic carbocycles. The fourth-order valence-corrected chi connectivity index (χ4v) is 1.26. The number of amides is 1. The predicted octanol–water partition coefficient (Wildman–Crippen LogP) is 0.883. The number of carbonyl (C=O) groups is 2. The highest BCUT2D eigenvalue weighted by Crippen LogP contribution is 2.31. The van der Waals surface area contributed by atoms with E-state index in [4.69, 9.17) is 10.8 Å². The minimum absolute atomic E-state index is 0.195. The fourth-order valence-electron chi connectivity index (χ4n) is 1.26. The molecule has 0 heterocycles. The second-order valence-corrected chi connectivity index (χ2v) is 4.50. The molecule has 0 spiro atoms. The van der Waals surface area contributed by atoms with Crippen molar-refractivity contribution in [2.45, 2.75) is 38.4 Å². The molecule has 0 fully saturated rings. The van der Waals surface area contributed by atoms with E-state index in [9.17, 15) is 22.8 Å². The molecule has 0 aromatic rings. The number of rotatable bonds is 6. The molecule has 0 rings (SSSR count). The van der Waals surface area contributed by atoms with Crippen molar-refractivity contribution in [3.8, 4) is 0 Å². The molecule has 106 valence electrons. The van der Waals surface area contributed by atoms with Gasteiger partial charge in [0.2, 0.25) is 5.91 Å². The Morgan fingerprint density at radius 3 is 2.17 bits per heavy atom. The molecule has 1 atom stereocenters. The lowest BCUT2D eigenvalue weighted by molar-refractivity contribution is -0.180. The van der Waals surface area contributed by atoms with E-state index in [1.807, 2.05) is 5.32 Å². The number of nitrogens with one attached hydrogen (secondary N) is 1. The highest BCUT2D eigenvalue weighted by atomic mass is 19.4. The number of hydrogen-bond donors (Lipinski definition) is 3. The molecule has 0 bridgehead atoms. The number of aliphatic carboxylic acids is 1. The first-order chi connectivity index (χ1) is 8.00. The van der Waals surface area contributed by atoms with Crippen LogP contribution in [0.1, 0.15) is 26.7 Å². The summed E-state index contributed by atoms with van der Waals surface area (Å²) in [7, 11) is 0. The molecule has 1 unspecified atom stereocenters. The van der Waals surface area contributed by atoms with Crippen LogP contribution in [0.2, 0.25) is 0 Å². The van der Waals surface area contributed by atoms with Gasteiger partial charge in [0.1, 0.15) is 5.54 Å². The van der Waals surface area contributed by atoms with Gasteiger partial charge in [-0.2, -0.15) is 13.2 Å². The van der Waals surface area contributed by atoms with E-state index in [1.54, 1.807) is 0 Å². The Bertz CT molecular complexity index is 316. The molecule has 4 N–H and O–H groups in total. The van der Waals surface area contributed by atoms with Crippen molar-refractivity contribution in [1.82, 2.24) is 5.32 Å². The van der Waals surface area contributed by atoms with Gasteiger partial charge in [0.25, 0.3) is 0 Å². The summed E-state index contributed by atoms with van der Waals surface area (Å²) in [6, 6.07) is 0. The van der Waals surface area contributed by atoms with Crippen molar-refractivity contribution in [3.05, 3.63) is 0 Å². The average molecular weight is 270 g/mol. The van der Waals surface area contributed by atoms with Gasteiger partial charge in [-0.1, -0.05) is 0 Å². The lowest BCUT2D eigenvalue weighted by Gasteiger charge is -2.24. The molecule has 0 saturated heterocycles. The van der Waals surface area contributed by atoms with E-state index in [0.717, 1.165) is 0 Å². The van der Waals surface area contributed by atoms with Crippen LogP contribution < -0.4 is 11.1 Å². The van der Waals surface area contributed by atoms with Crippen molar-refractivity contribution in [2.24, 2.45) is 11.7 Å². The van der Waals surface area contributed by atoms with E-state index in [1.165, 1.54) is 13.8 Å². The summed E-state index contributed by atoms with van der Waals surface area (Å²) in [5.41, 5.74) is 3.45. The smallest absolute Gasteiger partial charge is 0.392 e. The zero-order valence-electron chi connectivity index (χ0n) is 10.2. The molecule has 0 aliphatic rings. The van der Waals surface area contributed by atoms with Crippen LogP contribution >= 0.6 is 0 Å². The average Bonchev–Trinajstić information content (AvgIpc) is 2.14. The normalized spacial score (nSPS) is 14.1. The Morgan fingerprint density at radius 2 is 1.83 bits per heavy atom. The maximum Gasteiger partial charge on any atom is 0.392 e. The highest BCUT2D eigenvalue weighted by Gasteiger charge is 2.41. The summed E-state index contributed by atoms with van der Waals surface area (Å²) in [5.74, 6) is -4.14. The Hall–Kier alpha value is -1.31. The monoisotopic (exact) mass is 270 g/mol. The van der Waals surface area contributed by atoms with Crippen molar-refractivity contribution in [3.63, 3.8) is 0 Å². The van der Waals surface area contributed by atoms with Crippen LogP contribution in [0.25, 0.3) is 0 Å². The fraction of sp³-hybridized carbons (Fsp3) is 0.800. The first kappa shape index (κ1) is 16.7. The van der Waals surface area contributed by atoms with Crippen LogP contribution in [0.15, 0.2) is 0 Å². The highest BCUT2D eigenvalue weighted by molar-refractivity contribution is 5.86. The number of carbonyl (C=O) groups excluding carboxylic acids is 1. The molecule has 0 saturated carbocycles. The molecule has 0 aromatic carbocycles. The van der Waals surface area contributed by atoms with Crippen LogP contribution in [-0.4, -0.2) is 35.2 Å². The number of nitrogens with two attached hydrogens (primary N) is 1. The molecule has 0 aliphatic heterocycles. The third-order valence-corrected chi connectivity index (χ3v) is 2.40. The number of halogens is 3. The zero-order valence-corrected chi connectivity index (χ0v) is 10.2. The maximum atomic E-state index is 12.5. The third-order valence-electron chi connectivity index (χ3n) is 2.40. The van der Waals surface area contributed by atoms with Gasteiger partial charge >= 0.3 is 12.1 Å². The van der Waals surface area contributed by atoms with Crippen LogP contribution in [0.4, 0.5) is 13.2 Å². The Labute approximate surface area is 103 Å². The Kier molecular flexibility index (Phi) is 5.59. The molecular weight excluding hydrogens is 253 g/mol. The number of carboxylic acids is 1. The number of hydrogen-bond acceptors (Lipinski definition) is 3. The van der Waals surface area contributed by atoms with Crippen LogP contribution in [0.5, 0.6) is 0 Å². The molecule has 0 aromatic heterocycles. The Morgan fingerprint density at radius 1 is 1.33 bits per heavy atom. The first-order valence-electron chi connectivity index (χ1n) is 5.32. The van der Waals surface area contributed by atoms with Gasteiger partial charge in [0.05, 0.1) is 5.92 Å². The summed E-state index contributed by atoms with van der Waals surface area (Å²) in [6.07, 6.45) is -5.72. The van der Waals surface area contributed by atoms with E-state index in [-0.39, 0.29) is 13.0 Å². The molecule has 0 radical (unpaired) electrons. The second kappa shape index (κ2) is 6.03. The summed E-state index contributed by atoms with van der Waals surface area (Å²) < 4.78 is 37.5. The SMILES string of the molecule is CC(C)(NC(=O)CC(CCN)C(F)(F)F)C(=O)O. The molecule has 5 nitrogen and oxygen atoms in total. The van der Waals surface area contributed by atoms with Gasteiger partial charge in [-0.05, 0) is 26.8 Å². The van der Waals surface area contributed by atoms with Crippen LogP contribution in [-0.2, 0) is 9.59 Å². The topological polar surface area (TPSA) is 92.4 Å². The maximum absolute atomic E-state index is 12.5. The minimum Gasteiger partial charge on any atom is -0.480 e. The lowest BCUT2D eigenvalue weighted by atomic mass is 9.99. The molecule has 8 heteroatoms. The molecule has 1 amide bonds. The van der Waals surface area contributed by atoms with E-state index >= 15 is 0 Å². The number of alkyl halides is 3. The number of carboxylic acid groups (broad SMARTS) is 1. The second-order valence-electron chi connectivity index (χ2n) is 4.50. The molecular formula is C10H17F3N2O3. The lowest BCUT2D eigenvalue weighted by Crippen LogP contribution is -2.50. The van der Waals surface area contributed by atoms with Crippen molar-refractivity contribution >= 4 is 11.9 Å². The largest absolute Gasteiger partial charge is 0.480 e. The summed E-state index contributed by atoms with van der Waals surface area (Å²) in [6.45, 7) is 2.19. The van der Waals surface area contributed by atoms with Gasteiger partial charge in [-0.3, -0.25) is 4.79 Å². The van der Waals surface area contributed by atoms with E-state index in [0.29, 0.717) is 0 Å². The van der Waals surface area contributed by atoms with Gasteiger partial charge < -0.3 is 16.2 Å². The van der Waals surface area contributed by atoms with Crippen molar-refractivity contribution in [2.75, 3.05) is 6.54 Å². The predicted molar refractivity (Wildman–Crippen MR) is 57.7 cm³/mol. The van der Waals surface area contributed by atoms with Crippen LogP contribution in [0.3, 0.4) is 0 Å². The standard InChI is InChI=1S/C10H17F3N2O3/c1-9(2,8(17)18)15-7(16)5-6(3-4-14)10(11,12)13/h6H,3-5,14H2,1-2H3,(H,15,16)(H,17,18). The summed E-state index contributed by atoms with van der Waals surface area (Å²) >= 11 is 0. The third kappa shape index (κ3) is 5.35. The van der Waals surface area contributed by atoms with Crippen molar-refractivity contribution < 1.29 is 27.9 Å². The quantitative estimate of drug-likeness (QED) is 0.668. The van der Waals surface area contributed by atoms with Crippen LogP contribution in [0, 0.1) is 5.92 Å². The Balaban J connectivity index is 4.58. The first-order valence-corrected chi connectivity index (χ1v) is 5.32. The van der Waals surface area contributed by atoms with Gasteiger partial charge in [0, 0.05) is 6.42 Å². The van der Waals surface area contributed by atoms with Gasteiger partial charge in [-0.25, -0.2) is 4.79 Å². The van der Waals surface area contributed by atoms with E-state index in [2.05, 4.69) is 0 Å². The minimum atomic E-state index is -4.52. The zero-order chi connectivity index (χ0) is 14.6. The summed E-state index contributed by atoms with van der Waals surface area (Å²) in [4.78, 5) is 22.1. The molecule has 18 heavy (non-hydrogen) atoms. The van der Waals surface area contributed by atoms with E-state index < -0.39 is 35.9 Å². The van der Waals surface area contributed by atoms with Gasteiger partial charge in [0.15, 0.2) is 0 Å².